The van der Waals surface area contributed by atoms with Gasteiger partial charge in [-0.3, -0.25) is 15.0 Å². The van der Waals surface area contributed by atoms with Gasteiger partial charge in [0.2, 0.25) is 5.91 Å². The summed E-state index contributed by atoms with van der Waals surface area (Å²) in [6, 6.07) is 7.45. The molecular weight excluding hydrogens is 290 g/mol. The summed E-state index contributed by atoms with van der Waals surface area (Å²) in [5, 5.41) is 2.88. The number of nitrogens with zero attached hydrogens (tertiary/aromatic N) is 1. The Morgan fingerprint density at radius 2 is 2.14 bits per heavy atom. The highest BCUT2D eigenvalue weighted by Crippen LogP contribution is 2.24. The summed E-state index contributed by atoms with van der Waals surface area (Å²) in [5.41, 5.74) is 6.06. The van der Waals surface area contributed by atoms with Crippen molar-refractivity contribution >= 4 is 23.5 Å². The SMILES string of the molecule is NC(=O)NC(=O)CCN1CCC[C@@H]1Cc1ccccc1Cl. The summed E-state index contributed by atoms with van der Waals surface area (Å²) in [7, 11) is 0. The molecule has 3 amide bonds. The third kappa shape index (κ3) is 4.72. The Labute approximate surface area is 129 Å². The molecule has 0 aromatic heterocycles. The van der Waals surface area contributed by atoms with Gasteiger partial charge in [0.25, 0.3) is 0 Å². The molecule has 2 rings (SSSR count). The number of nitrogens with two attached hydrogens (primary N) is 1. The largest absolute Gasteiger partial charge is 0.351 e. The van der Waals surface area contributed by atoms with Gasteiger partial charge in [0.15, 0.2) is 0 Å². The molecule has 1 atom stereocenters. The standard InChI is InChI=1S/C15H20ClN3O2/c16-13-6-2-1-4-11(13)10-12-5-3-8-19(12)9-7-14(20)18-15(17)21/h1-2,4,6,12H,3,5,7-10H2,(H3,17,18,20,21)/t12-/m1/s1. The smallest absolute Gasteiger partial charge is 0.318 e. The van der Waals surface area contributed by atoms with Gasteiger partial charge in [-0.05, 0) is 37.4 Å². The van der Waals surface area contributed by atoms with E-state index in [0.717, 1.165) is 36.4 Å². The first-order valence-electron chi connectivity index (χ1n) is 7.13. The van der Waals surface area contributed by atoms with Crippen molar-refractivity contribution in [1.29, 1.82) is 0 Å². The van der Waals surface area contributed by atoms with E-state index in [1.54, 1.807) is 0 Å². The Kier molecular flexibility index (Phi) is 5.59. The second kappa shape index (κ2) is 7.43. The van der Waals surface area contributed by atoms with E-state index >= 15 is 0 Å². The second-order valence-corrected chi connectivity index (χ2v) is 5.70. The number of urea groups is 1. The molecule has 0 radical (unpaired) electrons. The molecule has 0 unspecified atom stereocenters. The quantitative estimate of drug-likeness (QED) is 0.872. The number of halogens is 1. The maximum atomic E-state index is 11.5. The molecule has 0 saturated carbocycles. The zero-order chi connectivity index (χ0) is 15.2. The highest BCUT2D eigenvalue weighted by Gasteiger charge is 2.25. The van der Waals surface area contributed by atoms with Crippen molar-refractivity contribution < 1.29 is 9.59 Å². The molecule has 1 saturated heterocycles. The van der Waals surface area contributed by atoms with E-state index in [9.17, 15) is 9.59 Å². The minimum absolute atomic E-state index is 0.280. The van der Waals surface area contributed by atoms with Gasteiger partial charge in [-0.2, -0.15) is 0 Å². The number of primary amides is 1. The molecule has 0 aliphatic carbocycles. The number of hydrogen-bond donors (Lipinski definition) is 2. The third-order valence-electron chi connectivity index (χ3n) is 3.80. The van der Waals surface area contributed by atoms with Crippen molar-refractivity contribution in [3.05, 3.63) is 34.9 Å². The van der Waals surface area contributed by atoms with Crippen molar-refractivity contribution in [2.75, 3.05) is 13.1 Å². The highest BCUT2D eigenvalue weighted by atomic mass is 35.5. The fraction of sp³-hybridized carbons (Fsp3) is 0.467. The van der Waals surface area contributed by atoms with Crippen LogP contribution < -0.4 is 11.1 Å². The van der Waals surface area contributed by atoms with E-state index < -0.39 is 6.03 Å². The summed E-state index contributed by atoms with van der Waals surface area (Å²) < 4.78 is 0. The molecule has 6 heteroatoms. The minimum atomic E-state index is -0.797. The lowest BCUT2D eigenvalue weighted by molar-refractivity contribution is -0.120. The van der Waals surface area contributed by atoms with Crippen LogP contribution in [0.3, 0.4) is 0 Å². The number of carbonyl (C=O) groups is 2. The highest BCUT2D eigenvalue weighted by molar-refractivity contribution is 6.31. The van der Waals surface area contributed by atoms with Crippen LogP contribution in [0.25, 0.3) is 0 Å². The zero-order valence-corrected chi connectivity index (χ0v) is 12.6. The van der Waals surface area contributed by atoms with Crippen LogP contribution in [0.4, 0.5) is 4.79 Å². The van der Waals surface area contributed by atoms with E-state index in [0.29, 0.717) is 12.6 Å². The Balaban J connectivity index is 1.87. The predicted molar refractivity (Wildman–Crippen MR) is 82.1 cm³/mol. The maximum Gasteiger partial charge on any atom is 0.318 e. The molecule has 5 nitrogen and oxygen atoms in total. The number of imide groups is 1. The third-order valence-corrected chi connectivity index (χ3v) is 4.17. The van der Waals surface area contributed by atoms with Gasteiger partial charge in [0, 0.05) is 24.0 Å². The summed E-state index contributed by atoms with van der Waals surface area (Å²) in [6.07, 6.45) is 3.38. The van der Waals surface area contributed by atoms with Gasteiger partial charge < -0.3 is 5.73 Å². The van der Waals surface area contributed by atoms with Gasteiger partial charge in [0.1, 0.15) is 0 Å². The Bertz CT molecular complexity index is 521. The van der Waals surface area contributed by atoms with Crippen LogP contribution >= 0.6 is 11.6 Å². The first kappa shape index (κ1) is 15.8. The number of nitrogens with one attached hydrogen (secondary N) is 1. The lowest BCUT2D eigenvalue weighted by atomic mass is 10.0. The molecule has 1 aliphatic heterocycles. The van der Waals surface area contributed by atoms with E-state index in [1.165, 1.54) is 0 Å². The average Bonchev–Trinajstić information content (AvgIpc) is 2.86. The van der Waals surface area contributed by atoms with E-state index in [-0.39, 0.29) is 12.3 Å². The fourth-order valence-corrected chi connectivity index (χ4v) is 3.00. The molecule has 1 heterocycles. The summed E-state index contributed by atoms with van der Waals surface area (Å²) in [5.74, 6) is -0.328. The number of rotatable bonds is 5. The van der Waals surface area contributed by atoms with Crippen LogP contribution in [-0.4, -0.2) is 36.0 Å². The van der Waals surface area contributed by atoms with E-state index in [4.69, 9.17) is 17.3 Å². The maximum absolute atomic E-state index is 11.5. The van der Waals surface area contributed by atoms with Crippen LogP contribution in [0, 0.1) is 0 Å². The number of carbonyl (C=O) groups excluding carboxylic acids is 2. The van der Waals surface area contributed by atoms with Crippen LogP contribution in [-0.2, 0) is 11.2 Å². The number of hydrogen-bond acceptors (Lipinski definition) is 3. The van der Waals surface area contributed by atoms with Crippen molar-refractivity contribution in [2.24, 2.45) is 5.73 Å². The summed E-state index contributed by atoms with van der Waals surface area (Å²) >= 11 is 6.20. The van der Waals surface area contributed by atoms with Crippen molar-refractivity contribution in [2.45, 2.75) is 31.7 Å². The molecule has 114 valence electrons. The molecule has 1 fully saturated rings. The lowest BCUT2D eigenvalue weighted by Gasteiger charge is -2.24. The Hall–Kier alpha value is -1.59. The molecule has 0 bridgehead atoms. The molecule has 1 aromatic carbocycles. The van der Waals surface area contributed by atoms with Gasteiger partial charge in [-0.25, -0.2) is 4.79 Å². The molecule has 1 aliphatic rings. The van der Waals surface area contributed by atoms with Crippen LogP contribution in [0.1, 0.15) is 24.8 Å². The monoisotopic (exact) mass is 309 g/mol. The van der Waals surface area contributed by atoms with Crippen molar-refractivity contribution in [3.8, 4) is 0 Å². The molecule has 21 heavy (non-hydrogen) atoms. The van der Waals surface area contributed by atoms with Gasteiger partial charge in [-0.1, -0.05) is 29.8 Å². The molecule has 0 spiro atoms. The Morgan fingerprint density at radius 1 is 1.38 bits per heavy atom. The number of amides is 3. The first-order valence-corrected chi connectivity index (χ1v) is 7.51. The van der Waals surface area contributed by atoms with E-state index in [2.05, 4.69) is 10.2 Å². The topological polar surface area (TPSA) is 75.4 Å². The second-order valence-electron chi connectivity index (χ2n) is 5.29. The minimum Gasteiger partial charge on any atom is -0.351 e. The normalized spacial score (nSPS) is 18.6. The van der Waals surface area contributed by atoms with Crippen LogP contribution in [0.2, 0.25) is 5.02 Å². The van der Waals surface area contributed by atoms with Crippen molar-refractivity contribution in [1.82, 2.24) is 10.2 Å². The summed E-state index contributed by atoms with van der Waals surface area (Å²) in [6.45, 7) is 1.60. The van der Waals surface area contributed by atoms with E-state index in [1.807, 2.05) is 24.3 Å². The van der Waals surface area contributed by atoms with Gasteiger partial charge in [-0.15, -0.1) is 0 Å². The number of likely N-dealkylation sites (tertiary alicyclic amines) is 1. The van der Waals surface area contributed by atoms with Crippen LogP contribution in [0.15, 0.2) is 24.3 Å². The first-order chi connectivity index (χ1) is 10.1. The number of benzene rings is 1. The lowest BCUT2D eigenvalue weighted by Crippen LogP contribution is -2.38. The molecule has 1 aromatic rings. The zero-order valence-electron chi connectivity index (χ0n) is 11.8. The fourth-order valence-electron chi connectivity index (χ4n) is 2.78. The van der Waals surface area contributed by atoms with Crippen molar-refractivity contribution in [3.63, 3.8) is 0 Å². The van der Waals surface area contributed by atoms with Gasteiger partial charge >= 0.3 is 6.03 Å². The Morgan fingerprint density at radius 3 is 2.86 bits per heavy atom. The summed E-state index contributed by atoms with van der Waals surface area (Å²) in [4.78, 5) is 24.4. The molecule has 3 N–H and O–H groups in total. The molecular formula is C15H20ClN3O2. The van der Waals surface area contributed by atoms with Gasteiger partial charge in [0.05, 0.1) is 0 Å². The average molecular weight is 310 g/mol. The predicted octanol–water partition coefficient (Wildman–Crippen LogP) is 1.93. The van der Waals surface area contributed by atoms with Crippen LogP contribution in [0.5, 0.6) is 0 Å².